The molecular weight excluding hydrogens is 355 g/mol. The summed E-state index contributed by atoms with van der Waals surface area (Å²) in [5, 5.41) is 2.89. The molecule has 4 rings (SSSR count). The van der Waals surface area contributed by atoms with Gasteiger partial charge in [-0.2, -0.15) is 0 Å². The third-order valence-electron chi connectivity index (χ3n) is 5.00. The predicted molar refractivity (Wildman–Crippen MR) is 125 cm³/mol. The average Bonchev–Trinajstić information content (AvgIpc) is 2.75. The molecule has 0 aliphatic carbocycles. The molecule has 0 saturated heterocycles. The molecule has 1 atom stereocenters. The van der Waals surface area contributed by atoms with Gasteiger partial charge in [0.2, 0.25) is 0 Å². The van der Waals surface area contributed by atoms with Crippen molar-refractivity contribution in [3.05, 3.63) is 109 Å². The zero-order valence-electron chi connectivity index (χ0n) is 16.4. The Morgan fingerprint density at radius 1 is 0.500 bits per heavy atom. The highest BCUT2D eigenvalue weighted by Gasteiger charge is 2.18. The Morgan fingerprint density at radius 2 is 1.00 bits per heavy atom. The molecule has 0 radical (unpaired) electrons. The van der Waals surface area contributed by atoms with Crippen LogP contribution >= 0.6 is 7.92 Å². The highest BCUT2D eigenvalue weighted by Crippen LogP contribution is 2.40. The maximum atomic E-state index is 2.40. The molecule has 0 saturated carbocycles. The lowest BCUT2D eigenvalue weighted by molar-refractivity contribution is 1.10. The van der Waals surface area contributed by atoms with E-state index in [4.69, 9.17) is 0 Å². The van der Waals surface area contributed by atoms with E-state index in [-0.39, 0.29) is 7.92 Å². The molecule has 0 spiro atoms. The minimum Gasteiger partial charge on any atom is -0.0622 e. The van der Waals surface area contributed by atoms with Gasteiger partial charge in [0, 0.05) is 0 Å². The van der Waals surface area contributed by atoms with Crippen LogP contribution in [0.15, 0.2) is 109 Å². The summed E-state index contributed by atoms with van der Waals surface area (Å²) >= 11 is 0. The van der Waals surface area contributed by atoms with Crippen LogP contribution in [0, 0.1) is 0 Å². The summed E-state index contributed by atoms with van der Waals surface area (Å²) in [6, 6.07) is 39.5. The van der Waals surface area contributed by atoms with Crippen LogP contribution in [-0.4, -0.2) is 5.66 Å². The van der Waals surface area contributed by atoms with E-state index in [0.717, 1.165) is 0 Å². The van der Waals surface area contributed by atoms with Crippen LogP contribution < -0.4 is 10.6 Å². The van der Waals surface area contributed by atoms with Crippen LogP contribution in [0.1, 0.15) is 13.8 Å². The summed E-state index contributed by atoms with van der Waals surface area (Å²) < 4.78 is 0. The maximum absolute atomic E-state index is 2.40. The second-order valence-corrected chi connectivity index (χ2v) is 10.1. The smallest absolute Gasteiger partial charge is 0.0105 e. The lowest BCUT2D eigenvalue weighted by Crippen LogP contribution is -2.17. The van der Waals surface area contributed by atoms with Gasteiger partial charge in [-0.3, -0.25) is 0 Å². The Bertz CT molecular complexity index is 1040. The van der Waals surface area contributed by atoms with Gasteiger partial charge in [0.25, 0.3) is 0 Å². The first-order valence-electron chi connectivity index (χ1n) is 9.83. The van der Waals surface area contributed by atoms with Crippen molar-refractivity contribution in [2.45, 2.75) is 19.5 Å². The summed E-state index contributed by atoms with van der Waals surface area (Å²) in [6.45, 7) is 4.67. The second-order valence-electron chi connectivity index (χ2n) is 7.26. The van der Waals surface area contributed by atoms with Gasteiger partial charge in [0.15, 0.2) is 0 Å². The number of hydrogen-bond donors (Lipinski definition) is 0. The first kappa shape index (κ1) is 18.7. The minimum atomic E-state index is -0.380. The van der Waals surface area contributed by atoms with Crippen molar-refractivity contribution in [1.29, 1.82) is 0 Å². The molecule has 0 N–H and O–H groups in total. The van der Waals surface area contributed by atoms with E-state index in [0.29, 0.717) is 5.66 Å². The van der Waals surface area contributed by atoms with E-state index >= 15 is 0 Å². The molecule has 0 nitrogen and oxygen atoms in total. The molecule has 0 aliphatic rings. The van der Waals surface area contributed by atoms with Crippen LogP contribution in [0.2, 0.25) is 0 Å². The molecule has 0 aromatic heterocycles. The molecule has 0 aliphatic heterocycles. The fourth-order valence-corrected chi connectivity index (χ4v) is 6.27. The maximum Gasteiger partial charge on any atom is -0.0105 e. The van der Waals surface area contributed by atoms with Crippen LogP contribution in [0.4, 0.5) is 0 Å². The van der Waals surface area contributed by atoms with E-state index in [9.17, 15) is 0 Å². The first-order chi connectivity index (χ1) is 13.7. The Morgan fingerprint density at radius 3 is 1.64 bits per heavy atom. The summed E-state index contributed by atoms with van der Waals surface area (Å²) in [5.41, 5.74) is 5.73. The molecule has 0 fully saturated rings. The average molecular weight is 380 g/mol. The Hall–Kier alpha value is -2.69. The normalized spacial score (nSPS) is 12.1. The van der Waals surface area contributed by atoms with Gasteiger partial charge in [-0.1, -0.05) is 117 Å². The quantitative estimate of drug-likeness (QED) is 0.332. The zero-order chi connectivity index (χ0) is 19.3. The standard InChI is InChI=1S/C27H25P/c1-21(2)28(24-15-7-4-8-16-24)25-17-11-14-23(20-25)27-19-10-9-18-26(27)22-12-5-3-6-13-22/h3-21H,1-2H3. The van der Waals surface area contributed by atoms with Crippen molar-refractivity contribution in [1.82, 2.24) is 0 Å². The van der Waals surface area contributed by atoms with E-state index in [1.807, 2.05) is 0 Å². The highest BCUT2D eigenvalue weighted by molar-refractivity contribution is 7.73. The largest absolute Gasteiger partial charge is 0.0622 e. The van der Waals surface area contributed by atoms with Crippen molar-refractivity contribution in [3.8, 4) is 22.3 Å². The fraction of sp³-hybridized carbons (Fsp3) is 0.111. The molecule has 0 bridgehead atoms. The van der Waals surface area contributed by atoms with E-state index in [2.05, 4.69) is 123 Å². The van der Waals surface area contributed by atoms with E-state index in [1.165, 1.54) is 32.9 Å². The van der Waals surface area contributed by atoms with Gasteiger partial charge in [0.1, 0.15) is 0 Å². The van der Waals surface area contributed by atoms with Gasteiger partial charge in [-0.25, -0.2) is 0 Å². The molecule has 0 amide bonds. The van der Waals surface area contributed by atoms with Gasteiger partial charge in [-0.15, -0.1) is 0 Å². The van der Waals surface area contributed by atoms with Crippen LogP contribution in [-0.2, 0) is 0 Å². The van der Waals surface area contributed by atoms with Crippen molar-refractivity contribution in [2.24, 2.45) is 0 Å². The molecule has 4 aromatic carbocycles. The molecule has 1 heteroatoms. The van der Waals surface area contributed by atoms with Crippen molar-refractivity contribution >= 4 is 18.5 Å². The second kappa shape index (κ2) is 8.55. The first-order valence-corrected chi connectivity index (χ1v) is 11.2. The van der Waals surface area contributed by atoms with Crippen LogP contribution in [0.5, 0.6) is 0 Å². The molecule has 1 unspecified atom stereocenters. The molecule has 28 heavy (non-hydrogen) atoms. The molecule has 0 heterocycles. The fourth-order valence-electron chi connectivity index (χ4n) is 3.76. The molecule has 138 valence electrons. The monoisotopic (exact) mass is 380 g/mol. The number of rotatable bonds is 5. The van der Waals surface area contributed by atoms with Gasteiger partial charge >= 0.3 is 0 Å². The lowest BCUT2D eigenvalue weighted by atomic mass is 9.95. The van der Waals surface area contributed by atoms with Crippen molar-refractivity contribution in [3.63, 3.8) is 0 Å². The summed E-state index contributed by atoms with van der Waals surface area (Å²) in [6.07, 6.45) is 0. The summed E-state index contributed by atoms with van der Waals surface area (Å²) in [5.74, 6) is 0. The Kier molecular flexibility index (Phi) is 5.70. The lowest BCUT2D eigenvalue weighted by Gasteiger charge is -2.23. The van der Waals surface area contributed by atoms with Crippen LogP contribution in [0.25, 0.3) is 22.3 Å². The van der Waals surface area contributed by atoms with E-state index in [1.54, 1.807) is 0 Å². The highest BCUT2D eigenvalue weighted by atomic mass is 31.1. The Balaban J connectivity index is 1.80. The van der Waals surface area contributed by atoms with Crippen molar-refractivity contribution in [2.75, 3.05) is 0 Å². The van der Waals surface area contributed by atoms with Crippen LogP contribution in [0.3, 0.4) is 0 Å². The van der Waals surface area contributed by atoms with E-state index < -0.39 is 0 Å². The number of hydrogen-bond acceptors (Lipinski definition) is 0. The molecular formula is C27H25P. The van der Waals surface area contributed by atoms with Crippen molar-refractivity contribution < 1.29 is 0 Å². The van der Waals surface area contributed by atoms with Gasteiger partial charge in [-0.05, 0) is 52.5 Å². The topological polar surface area (TPSA) is 0 Å². The number of benzene rings is 4. The minimum absolute atomic E-state index is 0.380. The summed E-state index contributed by atoms with van der Waals surface area (Å²) in [7, 11) is -0.380. The Labute approximate surface area is 169 Å². The third kappa shape index (κ3) is 3.93. The van der Waals surface area contributed by atoms with Gasteiger partial charge < -0.3 is 0 Å². The third-order valence-corrected chi connectivity index (χ3v) is 7.72. The molecule has 4 aromatic rings. The predicted octanol–water partition coefficient (Wildman–Crippen LogP) is 6.86. The zero-order valence-corrected chi connectivity index (χ0v) is 17.3. The summed E-state index contributed by atoms with van der Waals surface area (Å²) in [4.78, 5) is 0. The SMILES string of the molecule is CC(C)P(c1ccccc1)c1cccc(-c2ccccc2-c2ccccc2)c1. The van der Waals surface area contributed by atoms with Gasteiger partial charge in [0.05, 0.1) is 0 Å².